The molecule has 1 aliphatic heterocycles. The van der Waals surface area contributed by atoms with Gasteiger partial charge in [-0.1, -0.05) is 87.4 Å². The summed E-state index contributed by atoms with van der Waals surface area (Å²) in [7, 11) is -2.46. The van der Waals surface area contributed by atoms with E-state index in [0.29, 0.717) is 40.9 Å². The van der Waals surface area contributed by atoms with E-state index in [0.717, 1.165) is 15.7 Å². The van der Waals surface area contributed by atoms with Crippen molar-refractivity contribution in [1.29, 1.82) is 0 Å². The van der Waals surface area contributed by atoms with Crippen molar-refractivity contribution in [2.24, 2.45) is 11.3 Å². The van der Waals surface area contributed by atoms with Gasteiger partial charge in [0.25, 0.3) is 0 Å². The lowest BCUT2D eigenvalue weighted by Crippen LogP contribution is -2.94. The van der Waals surface area contributed by atoms with E-state index in [1.807, 2.05) is 42.5 Å². The summed E-state index contributed by atoms with van der Waals surface area (Å²) in [5.74, 6) is -0.683. The van der Waals surface area contributed by atoms with Gasteiger partial charge in [0.1, 0.15) is 53.4 Å². The number of fused-ring (bicyclic) bond motifs is 1. The zero-order valence-electron chi connectivity index (χ0n) is 40.4. The lowest BCUT2D eigenvalue weighted by atomic mass is 9.85. The summed E-state index contributed by atoms with van der Waals surface area (Å²) in [6, 6.07) is 14.0. The Bertz CT molecular complexity index is 2500. The van der Waals surface area contributed by atoms with Crippen molar-refractivity contribution in [1.82, 2.24) is 25.8 Å². The molecule has 2 unspecified atom stereocenters. The maximum absolute atomic E-state index is 14.8. The molecule has 1 heterocycles. The molecule has 6 amide bonds. The van der Waals surface area contributed by atoms with E-state index in [2.05, 4.69) is 28.4 Å². The normalized spacial score (nSPS) is 18.0. The average Bonchev–Trinajstić information content (AvgIpc) is 4.06. The van der Waals surface area contributed by atoms with E-state index in [1.165, 1.54) is 18.9 Å². The molecule has 2 aliphatic rings. The number of quaternary nitrogens is 1. The highest BCUT2D eigenvalue weighted by Gasteiger charge is 2.46. The maximum Gasteiger partial charge on any atom is 0.410 e. The molecule has 6 atom stereocenters. The first-order valence-electron chi connectivity index (χ1n) is 22.9. The predicted octanol–water partition coefficient (Wildman–Crippen LogP) is 3.77. The highest BCUT2D eigenvalue weighted by atomic mass is 32.2. The van der Waals surface area contributed by atoms with Gasteiger partial charge in [-0.3, -0.25) is 24.1 Å². The number of sulfonamides is 1. The van der Waals surface area contributed by atoms with Crippen LogP contribution in [0, 0.1) is 23.7 Å². The monoisotopic (exact) mass is 955 g/mol. The minimum absolute atomic E-state index is 0.0326. The number of amides is 6. The number of benzene rings is 3. The van der Waals surface area contributed by atoms with Crippen LogP contribution in [-0.4, -0.2) is 115 Å². The molecule has 0 bridgehead atoms. The standard InChI is InChI=1S/C51H66N6O10S/c1-11-15-35-30-42(57(31-35)48(62)43(50(4,5)6)54-44(58)32(3)56(10)49(63)67-51(7,8)9)47(61)53-40(29-34-18-21-36-16-13-14-17-37(36)27-34)45(59)52-41(46(60)55-68(64,65)39-24-25-39)28-33-19-22-38(23-20-33)66-26-12-2/h2,11,13-14,16-23,27,32,35,39-43H,1,15,24-26,28-31H2,3-10H3,(H,52,59)(H,53,61)(H,54,58)(H,55,60)/p+1/t32?,35-,40-,41-,42?,43+/m0/s1. The SMILES string of the molecule is C#CCOc1ccc(C[C@H](NC(=O)[C@H](Cc2ccc3ccccc3c2)NC(=O)C2C[C@H](CC=C)CN2C(=O)[C@@H](NC(=O)C(C)N(C)C(=O)OC(C)(C)C)C(C)(C)C)C(=O)[NH2+]S(=O)(=O)C2CC2)cc1. The Balaban J connectivity index is 1.45. The fourth-order valence-corrected chi connectivity index (χ4v) is 9.43. The summed E-state index contributed by atoms with van der Waals surface area (Å²) in [4.78, 5) is 87.3. The van der Waals surface area contributed by atoms with Crippen LogP contribution >= 0.6 is 0 Å². The predicted molar refractivity (Wildman–Crippen MR) is 258 cm³/mol. The summed E-state index contributed by atoms with van der Waals surface area (Å²) >= 11 is 0. The Kier molecular flexibility index (Phi) is 17.2. The van der Waals surface area contributed by atoms with Crippen LogP contribution in [0.2, 0.25) is 0 Å². The van der Waals surface area contributed by atoms with E-state index >= 15 is 0 Å². The lowest BCUT2D eigenvalue weighted by Gasteiger charge is -2.37. The van der Waals surface area contributed by atoms with Gasteiger partial charge in [-0.25, -0.2) is 9.59 Å². The molecule has 17 heteroatoms. The number of terminal acetylenes is 1. The second-order valence-electron chi connectivity index (χ2n) is 19.9. The van der Waals surface area contributed by atoms with Gasteiger partial charge in [0.15, 0.2) is 0 Å². The van der Waals surface area contributed by atoms with Crippen molar-refractivity contribution >= 4 is 56.4 Å². The van der Waals surface area contributed by atoms with Crippen LogP contribution in [0.4, 0.5) is 4.79 Å². The van der Waals surface area contributed by atoms with E-state index in [-0.39, 0.29) is 38.3 Å². The molecule has 16 nitrogen and oxygen atoms in total. The van der Waals surface area contributed by atoms with Crippen LogP contribution in [0.5, 0.6) is 5.75 Å². The molecular weight excluding hydrogens is 889 g/mol. The molecule has 1 saturated carbocycles. The summed E-state index contributed by atoms with van der Waals surface area (Å²) in [6.07, 6.45) is 7.75. The molecule has 0 aromatic heterocycles. The average molecular weight is 956 g/mol. The first-order valence-corrected chi connectivity index (χ1v) is 24.5. The fourth-order valence-electron chi connectivity index (χ4n) is 7.96. The van der Waals surface area contributed by atoms with E-state index in [4.69, 9.17) is 15.9 Å². The summed E-state index contributed by atoms with van der Waals surface area (Å²) < 4.78 is 37.8. The Labute approximate surface area is 400 Å². The van der Waals surface area contributed by atoms with Crippen LogP contribution in [0.1, 0.15) is 85.3 Å². The number of likely N-dealkylation sites (N-methyl/N-ethyl adjacent to an activating group) is 1. The molecule has 68 heavy (non-hydrogen) atoms. The first kappa shape index (κ1) is 52.7. The summed E-state index contributed by atoms with van der Waals surface area (Å²) in [5.41, 5.74) is -0.407. The summed E-state index contributed by atoms with van der Waals surface area (Å²) in [6.45, 7) is 16.0. The number of ether oxygens (including phenoxy) is 2. The second kappa shape index (κ2) is 22.2. The van der Waals surface area contributed by atoms with Gasteiger partial charge in [0.2, 0.25) is 23.6 Å². The van der Waals surface area contributed by atoms with Gasteiger partial charge in [0.05, 0.1) is 0 Å². The van der Waals surface area contributed by atoms with E-state index in [9.17, 15) is 37.2 Å². The highest BCUT2D eigenvalue weighted by molar-refractivity contribution is 7.86. The minimum atomic E-state index is -3.89. The van der Waals surface area contributed by atoms with Gasteiger partial charge in [-0.2, -0.15) is 13.1 Å². The number of rotatable bonds is 19. The molecule has 1 saturated heterocycles. The third-order valence-electron chi connectivity index (χ3n) is 12.0. The Morgan fingerprint density at radius 2 is 1.53 bits per heavy atom. The summed E-state index contributed by atoms with van der Waals surface area (Å²) in [5, 5.41) is 9.71. The van der Waals surface area contributed by atoms with Crippen molar-refractivity contribution in [3.63, 3.8) is 0 Å². The smallest absolute Gasteiger partial charge is 0.410 e. The number of carbonyl (C=O) groups is 6. The fraction of sp³-hybridized carbons (Fsp3) is 0.490. The Morgan fingerprint density at radius 1 is 0.897 bits per heavy atom. The largest absolute Gasteiger partial charge is 0.481 e. The Hall–Kier alpha value is -6.25. The molecule has 5 N–H and O–H groups in total. The lowest BCUT2D eigenvalue weighted by molar-refractivity contribution is -0.415. The van der Waals surface area contributed by atoms with Gasteiger partial charge < -0.3 is 30.3 Å². The van der Waals surface area contributed by atoms with E-state index in [1.54, 1.807) is 71.9 Å². The number of primary amides is 1. The quantitative estimate of drug-likeness (QED) is 0.101. The Morgan fingerprint density at radius 3 is 2.13 bits per heavy atom. The maximum atomic E-state index is 14.8. The third-order valence-corrected chi connectivity index (χ3v) is 14.0. The van der Waals surface area contributed by atoms with Crippen LogP contribution in [0.15, 0.2) is 79.4 Å². The van der Waals surface area contributed by atoms with Crippen molar-refractivity contribution in [2.45, 2.75) is 128 Å². The van der Waals surface area contributed by atoms with Gasteiger partial charge in [-0.15, -0.1) is 13.0 Å². The van der Waals surface area contributed by atoms with Gasteiger partial charge in [-0.05, 0) is 98.7 Å². The topological polar surface area (TPSA) is 214 Å². The molecule has 3 aromatic rings. The number of allylic oxidation sites excluding steroid dienone is 1. The van der Waals surface area contributed by atoms with Crippen LogP contribution in [-0.2, 0) is 51.6 Å². The highest BCUT2D eigenvalue weighted by Crippen LogP contribution is 2.31. The first-order chi connectivity index (χ1) is 31.9. The zero-order valence-corrected chi connectivity index (χ0v) is 41.2. The minimum Gasteiger partial charge on any atom is -0.481 e. The van der Waals surface area contributed by atoms with Crippen molar-refractivity contribution in [3.05, 3.63) is 90.5 Å². The van der Waals surface area contributed by atoms with E-state index < -0.39 is 92.1 Å². The van der Waals surface area contributed by atoms with Crippen LogP contribution < -0.4 is 25.4 Å². The van der Waals surface area contributed by atoms with Gasteiger partial charge >= 0.3 is 22.0 Å². The number of nitrogens with zero attached hydrogens (tertiary/aromatic N) is 2. The molecular formula is C51H67N6O10S+. The molecule has 1 aliphatic carbocycles. The number of primary sulfonamides is 1. The van der Waals surface area contributed by atoms with Crippen molar-refractivity contribution in [3.8, 4) is 18.1 Å². The van der Waals surface area contributed by atoms with Crippen molar-refractivity contribution < 1.29 is 51.4 Å². The number of hydrogen-bond donors (Lipinski definition) is 4. The van der Waals surface area contributed by atoms with Crippen LogP contribution in [0.25, 0.3) is 10.8 Å². The molecule has 3 aromatic carbocycles. The number of nitrogens with one attached hydrogen (secondary N) is 3. The van der Waals surface area contributed by atoms with Crippen molar-refractivity contribution in [2.75, 3.05) is 20.2 Å². The molecule has 0 radical (unpaired) electrons. The number of carbonyl (C=O) groups excluding carboxylic acids is 6. The second-order valence-corrected chi connectivity index (χ2v) is 21.9. The van der Waals surface area contributed by atoms with Gasteiger partial charge in [0, 0.05) is 26.4 Å². The molecule has 5 rings (SSSR count). The van der Waals surface area contributed by atoms with Crippen LogP contribution in [0.3, 0.4) is 0 Å². The third kappa shape index (κ3) is 14.4. The molecule has 0 spiro atoms. The number of likely N-dealkylation sites (tertiary alicyclic amines) is 1. The molecule has 2 fully saturated rings. The zero-order chi connectivity index (χ0) is 50.1. The number of nitrogens with two attached hydrogens (primary N) is 1. The molecule has 366 valence electrons. The number of hydrogen-bond acceptors (Lipinski definition) is 10.